The van der Waals surface area contributed by atoms with Crippen LogP contribution in [0.3, 0.4) is 0 Å². The number of hydrogen-bond acceptors (Lipinski definition) is 3. The summed E-state index contributed by atoms with van der Waals surface area (Å²) in [6.07, 6.45) is 2.33. The SMILES string of the molecule is O=C(NCCc1ccc(Cl)cc1)C1(c2cc(-c3ccc(Cl)cc3)on2)CC1. The zero-order valence-electron chi connectivity index (χ0n) is 14.5. The number of rotatable bonds is 6. The van der Waals surface area contributed by atoms with Crippen LogP contribution in [0.1, 0.15) is 24.1 Å². The molecule has 2 aromatic carbocycles. The standard InChI is InChI=1S/C21H18Cl2N2O2/c22-16-5-1-14(2-6-16)9-12-24-20(26)21(10-11-21)19-13-18(27-25-19)15-3-7-17(23)8-4-15/h1-8,13H,9-12H2,(H,24,26). The molecule has 1 aliphatic rings. The van der Waals surface area contributed by atoms with Crippen molar-refractivity contribution in [2.24, 2.45) is 0 Å². The van der Waals surface area contributed by atoms with Crippen LogP contribution in [0.15, 0.2) is 59.1 Å². The molecule has 0 bridgehead atoms. The molecule has 1 aliphatic carbocycles. The summed E-state index contributed by atoms with van der Waals surface area (Å²) in [7, 11) is 0. The first-order valence-electron chi connectivity index (χ1n) is 8.83. The first-order valence-corrected chi connectivity index (χ1v) is 9.58. The second-order valence-corrected chi connectivity index (χ2v) is 7.67. The molecule has 1 aromatic heterocycles. The minimum atomic E-state index is -0.561. The third-order valence-corrected chi connectivity index (χ3v) is 5.43. The Morgan fingerprint density at radius 1 is 1.04 bits per heavy atom. The first kappa shape index (κ1) is 18.1. The Bertz CT molecular complexity index is 945. The number of carbonyl (C=O) groups excluding carboxylic acids is 1. The summed E-state index contributed by atoms with van der Waals surface area (Å²) in [4.78, 5) is 12.7. The fraction of sp³-hybridized carbons (Fsp3) is 0.238. The second kappa shape index (κ2) is 7.37. The van der Waals surface area contributed by atoms with Gasteiger partial charge in [-0.25, -0.2) is 0 Å². The lowest BCUT2D eigenvalue weighted by Crippen LogP contribution is -2.36. The molecule has 0 spiro atoms. The number of nitrogens with one attached hydrogen (secondary N) is 1. The van der Waals surface area contributed by atoms with Gasteiger partial charge >= 0.3 is 0 Å². The topological polar surface area (TPSA) is 55.1 Å². The van der Waals surface area contributed by atoms with E-state index in [4.69, 9.17) is 27.7 Å². The largest absolute Gasteiger partial charge is 0.356 e. The van der Waals surface area contributed by atoms with Crippen LogP contribution in [-0.4, -0.2) is 17.6 Å². The number of hydrogen-bond donors (Lipinski definition) is 1. The molecule has 0 atom stereocenters. The molecule has 1 saturated carbocycles. The molecule has 1 heterocycles. The van der Waals surface area contributed by atoms with E-state index in [0.29, 0.717) is 28.0 Å². The lowest BCUT2D eigenvalue weighted by atomic mass is 10.00. The molecule has 4 rings (SSSR count). The summed E-state index contributed by atoms with van der Waals surface area (Å²) in [5.74, 6) is 0.648. The number of nitrogens with zero attached hydrogens (tertiary/aromatic N) is 1. The van der Waals surface area contributed by atoms with Crippen LogP contribution in [0.4, 0.5) is 0 Å². The van der Waals surface area contributed by atoms with E-state index in [0.717, 1.165) is 30.4 Å². The Labute approximate surface area is 167 Å². The Hall–Kier alpha value is -2.30. The number of carbonyl (C=O) groups is 1. The average molecular weight is 401 g/mol. The van der Waals surface area contributed by atoms with Crippen molar-refractivity contribution in [1.82, 2.24) is 10.5 Å². The van der Waals surface area contributed by atoms with Crippen LogP contribution in [0.5, 0.6) is 0 Å². The van der Waals surface area contributed by atoms with Crippen molar-refractivity contribution in [3.8, 4) is 11.3 Å². The highest BCUT2D eigenvalue weighted by atomic mass is 35.5. The predicted octanol–water partition coefficient (Wildman–Crippen LogP) is 5.04. The van der Waals surface area contributed by atoms with Crippen molar-refractivity contribution in [2.75, 3.05) is 6.54 Å². The van der Waals surface area contributed by atoms with Gasteiger partial charge in [0.25, 0.3) is 0 Å². The van der Waals surface area contributed by atoms with E-state index in [2.05, 4.69) is 10.5 Å². The van der Waals surface area contributed by atoms with Crippen molar-refractivity contribution in [3.05, 3.63) is 75.9 Å². The quantitative estimate of drug-likeness (QED) is 0.630. The summed E-state index contributed by atoms with van der Waals surface area (Å²) < 4.78 is 5.47. The normalized spacial score (nSPS) is 14.7. The number of aromatic nitrogens is 1. The average Bonchev–Trinajstić information content (AvgIpc) is 3.34. The van der Waals surface area contributed by atoms with Crippen LogP contribution < -0.4 is 5.32 Å². The van der Waals surface area contributed by atoms with Gasteiger partial charge in [-0.2, -0.15) is 0 Å². The molecule has 138 valence electrons. The molecular weight excluding hydrogens is 383 g/mol. The summed E-state index contributed by atoms with van der Waals surface area (Å²) in [6.45, 7) is 0.574. The number of halogens is 2. The predicted molar refractivity (Wildman–Crippen MR) is 106 cm³/mol. The first-order chi connectivity index (χ1) is 13.1. The minimum absolute atomic E-state index is 0.00687. The van der Waals surface area contributed by atoms with Crippen molar-refractivity contribution in [3.63, 3.8) is 0 Å². The van der Waals surface area contributed by atoms with E-state index in [1.807, 2.05) is 42.5 Å². The van der Waals surface area contributed by atoms with Crippen LogP contribution in [0, 0.1) is 0 Å². The van der Waals surface area contributed by atoms with Crippen molar-refractivity contribution < 1.29 is 9.32 Å². The molecule has 0 radical (unpaired) electrons. The van der Waals surface area contributed by atoms with Crippen LogP contribution >= 0.6 is 23.2 Å². The van der Waals surface area contributed by atoms with Gasteiger partial charge in [-0.1, -0.05) is 40.5 Å². The second-order valence-electron chi connectivity index (χ2n) is 6.80. The molecular formula is C21H18Cl2N2O2. The number of benzene rings is 2. The van der Waals surface area contributed by atoms with E-state index in [9.17, 15) is 4.79 Å². The van der Waals surface area contributed by atoms with Crippen LogP contribution in [-0.2, 0) is 16.6 Å². The van der Waals surface area contributed by atoms with E-state index >= 15 is 0 Å². The van der Waals surface area contributed by atoms with Gasteiger partial charge in [-0.3, -0.25) is 4.79 Å². The molecule has 0 saturated heterocycles. The van der Waals surface area contributed by atoms with Gasteiger partial charge in [0.1, 0.15) is 0 Å². The van der Waals surface area contributed by atoms with E-state index in [-0.39, 0.29) is 5.91 Å². The zero-order valence-corrected chi connectivity index (χ0v) is 16.1. The van der Waals surface area contributed by atoms with Crippen molar-refractivity contribution in [1.29, 1.82) is 0 Å². The molecule has 27 heavy (non-hydrogen) atoms. The van der Waals surface area contributed by atoms with Gasteiger partial charge in [0.05, 0.1) is 11.1 Å². The Balaban J connectivity index is 1.40. The van der Waals surface area contributed by atoms with Gasteiger partial charge in [0, 0.05) is 28.2 Å². The van der Waals surface area contributed by atoms with Gasteiger partial charge in [-0.15, -0.1) is 0 Å². The highest BCUT2D eigenvalue weighted by molar-refractivity contribution is 6.30. The van der Waals surface area contributed by atoms with Gasteiger partial charge < -0.3 is 9.84 Å². The molecule has 3 aromatic rings. The Morgan fingerprint density at radius 3 is 2.30 bits per heavy atom. The lowest BCUT2D eigenvalue weighted by molar-refractivity contribution is -0.123. The molecule has 0 aliphatic heterocycles. The minimum Gasteiger partial charge on any atom is -0.356 e. The molecule has 0 unspecified atom stereocenters. The smallest absolute Gasteiger partial charge is 0.232 e. The maximum atomic E-state index is 12.7. The van der Waals surface area contributed by atoms with E-state index < -0.39 is 5.41 Å². The van der Waals surface area contributed by atoms with Crippen molar-refractivity contribution in [2.45, 2.75) is 24.7 Å². The maximum Gasteiger partial charge on any atom is 0.232 e. The van der Waals surface area contributed by atoms with Gasteiger partial charge in [-0.05, 0) is 61.2 Å². The molecule has 1 amide bonds. The third kappa shape index (κ3) is 3.87. The highest BCUT2D eigenvalue weighted by Crippen LogP contribution is 2.48. The van der Waals surface area contributed by atoms with E-state index in [1.54, 1.807) is 12.1 Å². The van der Waals surface area contributed by atoms with Gasteiger partial charge in [0.2, 0.25) is 5.91 Å². The third-order valence-electron chi connectivity index (χ3n) is 4.93. The molecule has 6 heteroatoms. The fourth-order valence-electron chi connectivity index (χ4n) is 3.12. The highest BCUT2D eigenvalue weighted by Gasteiger charge is 2.53. The number of amides is 1. The Kier molecular flexibility index (Phi) is 4.94. The fourth-order valence-corrected chi connectivity index (χ4v) is 3.37. The van der Waals surface area contributed by atoms with E-state index in [1.165, 1.54) is 0 Å². The zero-order chi connectivity index (χ0) is 18.9. The molecule has 4 nitrogen and oxygen atoms in total. The summed E-state index contributed by atoms with van der Waals surface area (Å²) >= 11 is 11.8. The summed E-state index contributed by atoms with van der Waals surface area (Å²) in [6, 6.07) is 16.9. The Morgan fingerprint density at radius 2 is 1.67 bits per heavy atom. The lowest BCUT2D eigenvalue weighted by Gasteiger charge is -2.12. The maximum absolute atomic E-state index is 12.7. The summed E-state index contributed by atoms with van der Waals surface area (Å²) in [5.41, 5.74) is 2.15. The van der Waals surface area contributed by atoms with Crippen molar-refractivity contribution >= 4 is 29.1 Å². The van der Waals surface area contributed by atoms with Gasteiger partial charge in [0.15, 0.2) is 5.76 Å². The summed E-state index contributed by atoms with van der Waals surface area (Å²) in [5, 5.41) is 8.57. The molecule has 1 fully saturated rings. The van der Waals surface area contributed by atoms with Crippen LogP contribution in [0.25, 0.3) is 11.3 Å². The molecule has 1 N–H and O–H groups in total. The monoisotopic (exact) mass is 400 g/mol. The van der Waals surface area contributed by atoms with Crippen LogP contribution in [0.2, 0.25) is 10.0 Å².